The third-order valence-corrected chi connectivity index (χ3v) is 4.32. The molecule has 0 saturated heterocycles. The van der Waals surface area contributed by atoms with Crippen molar-refractivity contribution < 1.29 is 9.72 Å². The second-order valence-electron chi connectivity index (χ2n) is 6.90. The summed E-state index contributed by atoms with van der Waals surface area (Å²) < 4.78 is 1.52. The van der Waals surface area contributed by atoms with Crippen LogP contribution < -0.4 is 5.32 Å². The van der Waals surface area contributed by atoms with Crippen LogP contribution in [0.25, 0.3) is 16.9 Å². The van der Waals surface area contributed by atoms with Gasteiger partial charge in [-0.25, -0.2) is 4.68 Å². The molecule has 0 aliphatic carbocycles. The van der Waals surface area contributed by atoms with E-state index in [2.05, 4.69) is 24.3 Å². The lowest BCUT2D eigenvalue weighted by molar-refractivity contribution is -0.384. The van der Waals surface area contributed by atoms with Crippen molar-refractivity contribution in [3.8, 4) is 16.9 Å². The molecule has 1 heterocycles. The lowest BCUT2D eigenvalue weighted by Gasteiger charge is -2.09. The van der Waals surface area contributed by atoms with Gasteiger partial charge in [0.2, 0.25) is 0 Å². The molecule has 0 fully saturated rings. The first kappa shape index (κ1) is 19.3. The fourth-order valence-corrected chi connectivity index (χ4v) is 2.77. The molecular formula is C21H22N4O3. The molecular weight excluding hydrogens is 356 g/mol. The lowest BCUT2D eigenvalue weighted by Crippen LogP contribution is -2.27. The fraction of sp³-hybridized carbons (Fsp3) is 0.238. The van der Waals surface area contributed by atoms with Crippen LogP contribution in [-0.2, 0) is 0 Å². The fourth-order valence-electron chi connectivity index (χ4n) is 2.77. The molecule has 2 aromatic carbocycles. The highest BCUT2D eigenvalue weighted by Crippen LogP contribution is 2.23. The van der Waals surface area contributed by atoms with Crippen molar-refractivity contribution in [2.45, 2.75) is 20.3 Å². The molecule has 0 atom stereocenters. The van der Waals surface area contributed by atoms with Crippen molar-refractivity contribution in [3.05, 3.63) is 76.5 Å². The van der Waals surface area contributed by atoms with E-state index in [1.807, 2.05) is 30.3 Å². The van der Waals surface area contributed by atoms with Crippen LogP contribution in [0, 0.1) is 16.0 Å². The average Bonchev–Trinajstić information content (AvgIpc) is 3.14. The zero-order valence-electron chi connectivity index (χ0n) is 15.8. The van der Waals surface area contributed by atoms with Crippen LogP contribution in [0.5, 0.6) is 0 Å². The van der Waals surface area contributed by atoms with Crippen molar-refractivity contribution >= 4 is 11.6 Å². The number of carbonyl (C=O) groups excluding carboxylic acids is 1. The highest BCUT2D eigenvalue weighted by Gasteiger charge is 2.18. The summed E-state index contributed by atoms with van der Waals surface area (Å²) in [5.74, 6) is 0.258. The Morgan fingerprint density at radius 2 is 1.82 bits per heavy atom. The van der Waals surface area contributed by atoms with Crippen molar-refractivity contribution in [2.24, 2.45) is 5.92 Å². The summed E-state index contributed by atoms with van der Waals surface area (Å²) in [5.41, 5.74) is 2.51. The summed E-state index contributed by atoms with van der Waals surface area (Å²) >= 11 is 0. The first-order chi connectivity index (χ1) is 13.5. The summed E-state index contributed by atoms with van der Waals surface area (Å²) in [5, 5.41) is 18.4. The minimum atomic E-state index is -0.457. The number of hydrogen-bond donors (Lipinski definition) is 1. The van der Waals surface area contributed by atoms with Crippen molar-refractivity contribution in [1.82, 2.24) is 15.1 Å². The largest absolute Gasteiger partial charge is 0.351 e. The number of rotatable bonds is 7. The molecule has 0 bridgehead atoms. The number of non-ortho nitro benzene ring substituents is 1. The highest BCUT2D eigenvalue weighted by molar-refractivity contribution is 5.94. The molecule has 7 nitrogen and oxygen atoms in total. The van der Waals surface area contributed by atoms with Crippen LogP contribution in [0.15, 0.2) is 60.7 Å². The zero-order valence-corrected chi connectivity index (χ0v) is 15.8. The summed E-state index contributed by atoms with van der Waals surface area (Å²) in [7, 11) is 0. The number of hydrogen-bond acceptors (Lipinski definition) is 4. The molecule has 0 radical (unpaired) electrons. The van der Waals surface area contributed by atoms with Crippen molar-refractivity contribution in [1.29, 1.82) is 0 Å². The normalized spacial score (nSPS) is 10.8. The predicted octanol–water partition coefficient (Wildman–Crippen LogP) is 4.22. The summed E-state index contributed by atoms with van der Waals surface area (Å²) in [6, 6.07) is 17.3. The molecule has 28 heavy (non-hydrogen) atoms. The summed E-state index contributed by atoms with van der Waals surface area (Å²) in [6.07, 6.45) is 0.878. The molecule has 1 aromatic heterocycles. The summed E-state index contributed by atoms with van der Waals surface area (Å²) in [4.78, 5) is 23.2. The van der Waals surface area contributed by atoms with Crippen LogP contribution in [-0.4, -0.2) is 27.2 Å². The van der Waals surface area contributed by atoms with Gasteiger partial charge in [0.1, 0.15) is 5.69 Å². The van der Waals surface area contributed by atoms with E-state index in [4.69, 9.17) is 0 Å². The zero-order chi connectivity index (χ0) is 20.1. The lowest BCUT2D eigenvalue weighted by atomic mass is 10.1. The van der Waals surface area contributed by atoms with Gasteiger partial charge in [-0.2, -0.15) is 5.10 Å². The molecule has 3 aromatic rings. The van der Waals surface area contributed by atoms with Gasteiger partial charge in [-0.3, -0.25) is 14.9 Å². The average molecular weight is 378 g/mol. The third-order valence-electron chi connectivity index (χ3n) is 4.32. The van der Waals surface area contributed by atoms with E-state index in [0.29, 0.717) is 29.5 Å². The standard InChI is InChI=1S/C21H22N4O3/c1-15(2)12-13-22-21(26)20-14-19(16-6-4-3-5-7-16)23-24(20)17-8-10-18(11-9-17)25(27)28/h3-11,14-15H,12-13H2,1-2H3,(H,22,26). The minimum absolute atomic E-state index is 0.0119. The predicted molar refractivity (Wildman–Crippen MR) is 107 cm³/mol. The number of nitro benzene ring substituents is 1. The molecule has 1 N–H and O–H groups in total. The topological polar surface area (TPSA) is 90.1 Å². The Bertz CT molecular complexity index is 963. The molecule has 3 rings (SSSR count). The first-order valence-corrected chi connectivity index (χ1v) is 9.14. The Labute approximate surface area is 163 Å². The Morgan fingerprint density at radius 1 is 1.14 bits per heavy atom. The Kier molecular flexibility index (Phi) is 5.84. The number of nitrogens with zero attached hydrogens (tertiary/aromatic N) is 3. The van der Waals surface area contributed by atoms with E-state index in [0.717, 1.165) is 12.0 Å². The van der Waals surface area contributed by atoms with Gasteiger partial charge in [0.05, 0.1) is 16.3 Å². The van der Waals surface area contributed by atoms with Crippen LogP contribution in [0.3, 0.4) is 0 Å². The van der Waals surface area contributed by atoms with Crippen LogP contribution in [0.2, 0.25) is 0 Å². The molecule has 144 valence electrons. The van der Waals surface area contributed by atoms with E-state index < -0.39 is 4.92 Å². The van der Waals surface area contributed by atoms with Gasteiger partial charge in [0.25, 0.3) is 11.6 Å². The SMILES string of the molecule is CC(C)CCNC(=O)c1cc(-c2ccccc2)nn1-c1ccc([N+](=O)[O-])cc1. The van der Waals surface area contributed by atoms with Gasteiger partial charge >= 0.3 is 0 Å². The molecule has 0 saturated carbocycles. The number of carbonyl (C=O) groups is 1. The van der Waals surface area contributed by atoms with Gasteiger partial charge in [-0.05, 0) is 30.5 Å². The highest BCUT2D eigenvalue weighted by atomic mass is 16.6. The minimum Gasteiger partial charge on any atom is -0.351 e. The van der Waals surface area contributed by atoms with E-state index >= 15 is 0 Å². The third kappa shape index (κ3) is 4.43. The van der Waals surface area contributed by atoms with Crippen LogP contribution in [0.1, 0.15) is 30.8 Å². The molecule has 0 unspecified atom stereocenters. The van der Waals surface area contributed by atoms with Crippen molar-refractivity contribution in [3.63, 3.8) is 0 Å². The van der Waals surface area contributed by atoms with E-state index in [1.165, 1.54) is 16.8 Å². The van der Waals surface area contributed by atoms with Gasteiger partial charge in [-0.15, -0.1) is 0 Å². The van der Waals surface area contributed by atoms with Crippen LogP contribution in [0.4, 0.5) is 5.69 Å². The number of aromatic nitrogens is 2. The second-order valence-corrected chi connectivity index (χ2v) is 6.90. The number of amides is 1. The maximum atomic E-state index is 12.8. The van der Waals surface area contributed by atoms with Crippen LogP contribution >= 0.6 is 0 Å². The summed E-state index contributed by atoms with van der Waals surface area (Å²) in [6.45, 7) is 4.77. The van der Waals surface area contributed by atoms with E-state index in [9.17, 15) is 14.9 Å². The van der Waals surface area contributed by atoms with Crippen molar-refractivity contribution in [2.75, 3.05) is 6.54 Å². The number of benzene rings is 2. The Balaban J connectivity index is 1.97. The molecule has 0 spiro atoms. The van der Waals surface area contributed by atoms with Gasteiger partial charge < -0.3 is 5.32 Å². The van der Waals surface area contributed by atoms with Gasteiger partial charge in [0, 0.05) is 24.2 Å². The Hall–Kier alpha value is -3.48. The van der Waals surface area contributed by atoms with Gasteiger partial charge in [-0.1, -0.05) is 44.2 Å². The van der Waals surface area contributed by atoms with Gasteiger partial charge in [0.15, 0.2) is 0 Å². The number of nitrogens with one attached hydrogen (secondary N) is 1. The Morgan fingerprint density at radius 3 is 2.43 bits per heavy atom. The molecule has 7 heteroatoms. The van der Waals surface area contributed by atoms with E-state index in [-0.39, 0.29) is 11.6 Å². The molecule has 1 amide bonds. The number of nitro groups is 1. The maximum absolute atomic E-state index is 12.8. The maximum Gasteiger partial charge on any atom is 0.270 e. The molecule has 0 aliphatic heterocycles. The first-order valence-electron chi connectivity index (χ1n) is 9.14. The smallest absolute Gasteiger partial charge is 0.270 e. The second kappa shape index (κ2) is 8.47. The monoisotopic (exact) mass is 378 g/mol. The van der Waals surface area contributed by atoms with E-state index in [1.54, 1.807) is 18.2 Å². The quantitative estimate of drug-likeness (QED) is 0.492. The molecule has 0 aliphatic rings.